The van der Waals surface area contributed by atoms with Gasteiger partial charge in [-0.05, 0) is 56.7 Å². The molecule has 2 N–H and O–H groups in total. The molecule has 3 atom stereocenters. The predicted molar refractivity (Wildman–Crippen MR) is 80.5 cm³/mol. The summed E-state index contributed by atoms with van der Waals surface area (Å²) in [6.45, 7) is 3.12. The third-order valence-electron chi connectivity index (χ3n) is 4.68. The first-order valence-corrected chi connectivity index (χ1v) is 7.85. The molecule has 1 saturated heterocycles. The number of amides is 1. The first-order chi connectivity index (χ1) is 9.74. The number of hydrogen-bond acceptors (Lipinski definition) is 2. The maximum atomic E-state index is 12.5. The van der Waals surface area contributed by atoms with Crippen molar-refractivity contribution in [2.45, 2.75) is 51.1 Å². The van der Waals surface area contributed by atoms with Crippen LogP contribution in [-0.4, -0.2) is 18.5 Å². The minimum absolute atomic E-state index is 0.181. The number of nitrogens with one attached hydrogen (secondary N) is 2. The SMILES string of the molecule is CC1CC(C(=O)NC2CCCc3ccccc32)CCN1. The third-order valence-corrected chi connectivity index (χ3v) is 4.68. The summed E-state index contributed by atoms with van der Waals surface area (Å²) in [5.41, 5.74) is 2.73. The van der Waals surface area contributed by atoms with Gasteiger partial charge in [0.2, 0.25) is 5.91 Å². The average molecular weight is 272 g/mol. The number of benzene rings is 1. The van der Waals surface area contributed by atoms with Gasteiger partial charge in [0.15, 0.2) is 0 Å². The van der Waals surface area contributed by atoms with E-state index in [0.29, 0.717) is 6.04 Å². The molecule has 1 aromatic rings. The number of fused-ring (bicyclic) bond motifs is 1. The molecule has 108 valence electrons. The van der Waals surface area contributed by atoms with Gasteiger partial charge >= 0.3 is 0 Å². The molecule has 1 aliphatic heterocycles. The highest BCUT2D eigenvalue weighted by atomic mass is 16.1. The lowest BCUT2D eigenvalue weighted by molar-refractivity contribution is -0.127. The van der Waals surface area contributed by atoms with E-state index in [0.717, 1.165) is 32.2 Å². The average Bonchev–Trinajstić information content (AvgIpc) is 2.47. The summed E-state index contributed by atoms with van der Waals surface area (Å²) >= 11 is 0. The molecule has 0 bridgehead atoms. The molecule has 1 amide bonds. The van der Waals surface area contributed by atoms with Gasteiger partial charge in [-0.25, -0.2) is 0 Å². The summed E-state index contributed by atoms with van der Waals surface area (Å²) in [5.74, 6) is 0.431. The van der Waals surface area contributed by atoms with E-state index in [-0.39, 0.29) is 17.9 Å². The maximum absolute atomic E-state index is 12.5. The molecule has 1 heterocycles. The largest absolute Gasteiger partial charge is 0.349 e. The fraction of sp³-hybridized carbons (Fsp3) is 0.588. The van der Waals surface area contributed by atoms with Crippen LogP contribution in [0, 0.1) is 5.92 Å². The zero-order chi connectivity index (χ0) is 13.9. The normalized spacial score (nSPS) is 29.6. The number of rotatable bonds is 2. The smallest absolute Gasteiger partial charge is 0.223 e. The Morgan fingerprint density at radius 3 is 3.00 bits per heavy atom. The van der Waals surface area contributed by atoms with Crippen LogP contribution < -0.4 is 10.6 Å². The standard InChI is InChI=1S/C17H24N2O/c1-12-11-14(9-10-18-12)17(20)19-16-8-4-6-13-5-2-3-7-15(13)16/h2-3,5,7,12,14,16,18H,4,6,8-11H2,1H3,(H,19,20). The first-order valence-electron chi connectivity index (χ1n) is 7.85. The second-order valence-corrected chi connectivity index (χ2v) is 6.23. The molecule has 2 aliphatic rings. The summed E-state index contributed by atoms with van der Waals surface area (Å²) in [5, 5.41) is 6.70. The molecule has 0 radical (unpaired) electrons. The van der Waals surface area contributed by atoms with Crippen LogP contribution in [0.15, 0.2) is 24.3 Å². The molecule has 3 heteroatoms. The van der Waals surface area contributed by atoms with E-state index in [1.807, 2.05) is 0 Å². The summed E-state index contributed by atoms with van der Waals surface area (Å²) < 4.78 is 0. The van der Waals surface area contributed by atoms with Crippen molar-refractivity contribution in [3.63, 3.8) is 0 Å². The second kappa shape index (κ2) is 5.96. The highest BCUT2D eigenvalue weighted by molar-refractivity contribution is 5.79. The molecule has 0 spiro atoms. The number of piperidine rings is 1. The molecule has 20 heavy (non-hydrogen) atoms. The van der Waals surface area contributed by atoms with Crippen molar-refractivity contribution >= 4 is 5.91 Å². The van der Waals surface area contributed by atoms with E-state index in [4.69, 9.17) is 0 Å². The molecule has 3 nitrogen and oxygen atoms in total. The van der Waals surface area contributed by atoms with Gasteiger partial charge in [0.05, 0.1) is 6.04 Å². The highest BCUT2D eigenvalue weighted by Crippen LogP contribution is 2.30. The Bertz CT molecular complexity index is 486. The fourth-order valence-corrected chi connectivity index (χ4v) is 3.56. The van der Waals surface area contributed by atoms with Crippen molar-refractivity contribution in [3.05, 3.63) is 35.4 Å². The molecule has 3 unspecified atom stereocenters. The van der Waals surface area contributed by atoms with E-state index < -0.39 is 0 Å². The van der Waals surface area contributed by atoms with Crippen molar-refractivity contribution in [3.8, 4) is 0 Å². The maximum Gasteiger partial charge on any atom is 0.223 e. The second-order valence-electron chi connectivity index (χ2n) is 6.23. The summed E-state index contributed by atoms with van der Waals surface area (Å²) in [6, 6.07) is 9.22. The molecular formula is C17H24N2O. The monoisotopic (exact) mass is 272 g/mol. The Kier molecular flexibility index (Phi) is 4.06. The Morgan fingerprint density at radius 2 is 2.15 bits per heavy atom. The molecule has 0 aromatic heterocycles. The number of aryl methyl sites for hydroxylation is 1. The highest BCUT2D eigenvalue weighted by Gasteiger charge is 2.28. The number of carbonyl (C=O) groups is 1. The molecule has 1 aliphatic carbocycles. The van der Waals surface area contributed by atoms with Crippen molar-refractivity contribution in [2.24, 2.45) is 5.92 Å². The van der Waals surface area contributed by atoms with Crippen molar-refractivity contribution < 1.29 is 4.79 Å². The Morgan fingerprint density at radius 1 is 1.30 bits per heavy atom. The van der Waals surface area contributed by atoms with Gasteiger partial charge in [0.1, 0.15) is 0 Å². The summed E-state index contributed by atoms with van der Waals surface area (Å²) in [7, 11) is 0. The number of hydrogen-bond donors (Lipinski definition) is 2. The van der Waals surface area contributed by atoms with Crippen LogP contribution in [0.1, 0.15) is 49.8 Å². The van der Waals surface area contributed by atoms with Crippen LogP contribution >= 0.6 is 0 Å². The summed E-state index contributed by atoms with van der Waals surface area (Å²) in [6.07, 6.45) is 5.31. The van der Waals surface area contributed by atoms with Gasteiger partial charge in [0.25, 0.3) is 0 Å². The van der Waals surface area contributed by atoms with E-state index in [1.54, 1.807) is 0 Å². The van der Waals surface area contributed by atoms with Gasteiger partial charge in [-0.15, -0.1) is 0 Å². The minimum atomic E-state index is 0.181. The lowest BCUT2D eigenvalue weighted by atomic mass is 9.86. The molecule has 1 aromatic carbocycles. The van der Waals surface area contributed by atoms with Crippen LogP contribution in [0.25, 0.3) is 0 Å². The molecule has 3 rings (SSSR count). The quantitative estimate of drug-likeness (QED) is 0.869. The van der Waals surface area contributed by atoms with Crippen LogP contribution in [0.2, 0.25) is 0 Å². The van der Waals surface area contributed by atoms with E-state index in [2.05, 4.69) is 41.8 Å². The van der Waals surface area contributed by atoms with E-state index in [9.17, 15) is 4.79 Å². The lowest BCUT2D eigenvalue weighted by Crippen LogP contribution is -2.43. The van der Waals surface area contributed by atoms with E-state index in [1.165, 1.54) is 17.5 Å². The van der Waals surface area contributed by atoms with Gasteiger partial charge < -0.3 is 10.6 Å². The lowest BCUT2D eigenvalue weighted by Gasteiger charge is -2.31. The first kappa shape index (κ1) is 13.6. The van der Waals surface area contributed by atoms with Gasteiger partial charge in [-0.3, -0.25) is 4.79 Å². The molecule has 1 fully saturated rings. The summed E-state index contributed by atoms with van der Waals surface area (Å²) in [4.78, 5) is 12.5. The third kappa shape index (κ3) is 2.88. The van der Waals surface area contributed by atoms with Crippen LogP contribution in [-0.2, 0) is 11.2 Å². The molecule has 0 saturated carbocycles. The van der Waals surface area contributed by atoms with Gasteiger partial charge in [-0.1, -0.05) is 24.3 Å². The zero-order valence-electron chi connectivity index (χ0n) is 12.2. The molecular weight excluding hydrogens is 248 g/mol. The Balaban J connectivity index is 1.68. The van der Waals surface area contributed by atoms with E-state index >= 15 is 0 Å². The number of carbonyl (C=O) groups excluding carboxylic acids is 1. The zero-order valence-corrected chi connectivity index (χ0v) is 12.2. The predicted octanol–water partition coefficient (Wildman–Crippen LogP) is 2.57. The van der Waals surface area contributed by atoms with Crippen LogP contribution in [0.5, 0.6) is 0 Å². The van der Waals surface area contributed by atoms with Crippen molar-refractivity contribution in [1.82, 2.24) is 10.6 Å². The fourth-order valence-electron chi connectivity index (χ4n) is 3.56. The van der Waals surface area contributed by atoms with Crippen LogP contribution in [0.3, 0.4) is 0 Å². The van der Waals surface area contributed by atoms with Crippen LogP contribution in [0.4, 0.5) is 0 Å². The Hall–Kier alpha value is -1.35. The van der Waals surface area contributed by atoms with Crippen molar-refractivity contribution in [1.29, 1.82) is 0 Å². The van der Waals surface area contributed by atoms with Gasteiger partial charge in [-0.2, -0.15) is 0 Å². The topological polar surface area (TPSA) is 41.1 Å². The van der Waals surface area contributed by atoms with Crippen molar-refractivity contribution in [2.75, 3.05) is 6.54 Å². The van der Waals surface area contributed by atoms with Gasteiger partial charge in [0, 0.05) is 12.0 Å². The minimum Gasteiger partial charge on any atom is -0.349 e. The Labute approximate surface area is 121 Å².